The maximum atomic E-state index is 2.73. The van der Waals surface area contributed by atoms with Gasteiger partial charge in [0.15, 0.2) is 0 Å². The van der Waals surface area contributed by atoms with Crippen molar-refractivity contribution >= 4 is 0 Å². The highest BCUT2D eigenvalue weighted by Gasteiger charge is 2.16. The minimum absolute atomic E-state index is 1.06. The average molecular weight is 671 g/mol. The Morgan fingerprint density at radius 1 is 0.292 bits per heavy atom. The highest BCUT2D eigenvalue weighted by Crippen LogP contribution is 2.13. The van der Waals surface area contributed by atoms with Crippen LogP contribution in [0, 0.1) is 0 Å². The number of hydrogen-bond acceptors (Lipinski definition) is 8. The molecule has 0 saturated carbocycles. The van der Waals surface area contributed by atoms with E-state index < -0.39 is 0 Å². The summed E-state index contributed by atoms with van der Waals surface area (Å²) >= 11 is 0. The summed E-state index contributed by atoms with van der Waals surface area (Å²) in [4.78, 5) is 21.4. The van der Waals surface area contributed by atoms with Gasteiger partial charge in [0.2, 0.25) is 0 Å². The molecule has 2 heterocycles. The Morgan fingerprint density at radius 2 is 0.479 bits per heavy atom. The van der Waals surface area contributed by atoms with E-state index in [-0.39, 0.29) is 0 Å². The zero-order valence-electron chi connectivity index (χ0n) is 32.7. The summed E-state index contributed by atoms with van der Waals surface area (Å²) in [7, 11) is 0. The smallest absolute Gasteiger partial charge is 0.0234 e. The largest absolute Gasteiger partial charge is 0.302 e. The van der Waals surface area contributed by atoms with Gasteiger partial charge in [0.25, 0.3) is 0 Å². The Balaban J connectivity index is 1.60. The van der Waals surface area contributed by atoms with Crippen LogP contribution in [-0.2, 0) is 13.1 Å². The minimum Gasteiger partial charge on any atom is -0.302 e. The van der Waals surface area contributed by atoms with Gasteiger partial charge in [0.05, 0.1) is 0 Å². The Kier molecular flexibility index (Phi) is 21.5. The summed E-state index contributed by atoms with van der Waals surface area (Å²) in [6.07, 6.45) is 5.05. The molecule has 0 atom stereocenters. The normalized spacial score (nSPS) is 22.8. The molecule has 0 spiro atoms. The SMILES string of the molecule is CCN1CCCN(CC)CCN(Cc2ccc(CN3CCCN(CC)CCN(CC)CCCN(CC)CC3)cc2)CCCN(CC)CC1. The van der Waals surface area contributed by atoms with Crippen molar-refractivity contribution in [1.82, 2.24) is 39.2 Å². The number of rotatable bonds is 10. The lowest BCUT2D eigenvalue weighted by Crippen LogP contribution is -2.41. The lowest BCUT2D eigenvalue weighted by Gasteiger charge is -2.31. The van der Waals surface area contributed by atoms with Crippen molar-refractivity contribution in [2.75, 3.05) is 144 Å². The Labute approximate surface area is 298 Å². The molecule has 278 valence electrons. The van der Waals surface area contributed by atoms with E-state index in [0.717, 1.165) is 52.4 Å². The van der Waals surface area contributed by atoms with Gasteiger partial charge in [-0.1, -0.05) is 65.8 Å². The van der Waals surface area contributed by atoms with E-state index in [1.807, 2.05) is 0 Å². The third kappa shape index (κ3) is 16.3. The second kappa shape index (κ2) is 25.0. The number of likely N-dealkylation sites (N-methyl/N-ethyl adjacent to an activating group) is 6. The Hall–Kier alpha value is -1.10. The first-order valence-electron chi connectivity index (χ1n) is 20.4. The average Bonchev–Trinajstić information content (AvgIpc) is 3.11. The number of nitrogens with zero attached hydrogens (tertiary/aromatic N) is 8. The first kappa shape index (κ1) is 41.3. The molecule has 0 amide bonds. The van der Waals surface area contributed by atoms with E-state index in [2.05, 4.69) is 105 Å². The van der Waals surface area contributed by atoms with Crippen molar-refractivity contribution in [3.8, 4) is 0 Å². The van der Waals surface area contributed by atoms with Gasteiger partial charge in [0, 0.05) is 65.4 Å². The van der Waals surface area contributed by atoms with Gasteiger partial charge in [-0.3, -0.25) is 9.80 Å². The predicted molar refractivity (Wildman–Crippen MR) is 208 cm³/mol. The Morgan fingerprint density at radius 3 is 0.688 bits per heavy atom. The third-order valence-corrected chi connectivity index (χ3v) is 11.2. The molecule has 1 aromatic carbocycles. The highest BCUT2D eigenvalue weighted by atomic mass is 15.2. The van der Waals surface area contributed by atoms with E-state index in [1.165, 1.54) is 142 Å². The molecule has 8 heteroatoms. The van der Waals surface area contributed by atoms with Crippen molar-refractivity contribution < 1.29 is 0 Å². The summed E-state index contributed by atoms with van der Waals surface area (Å²) in [6.45, 7) is 42.2. The van der Waals surface area contributed by atoms with E-state index in [9.17, 15) is 0 Å². The van der Waals surface area contributed by atoms with Gasteiger partial charge in [0.1, 0.15) is 0 Å². The molecule has 0 radical (unpaired) electrons. The standard InChI is InChI=1S/C40H78N8/c1-7-41-21-13-23-45(11-5)33-35-47(27-15-25-43(9-3)31-29-41)37-39-17-19-40(20-18-39)38-48-28-16-26-44(10-4)32-30-42(8-2)22-14-24-46(12-6)34-36-48/h17-20H,7-16,21-38H2,1-6H3. The molecule has 0 bridgehead atoms. The fourth-order valence-electron chi connectivity index (χ4n) is 7.58. The number of benzene rings is 1. The molecule has 48 heavy (non-hydrogen) atoms. The molecule has 0 unspecified atom stereocenters. The predicted octanol–water partition coefficient (Wildman–Crippen LogP) is 4.81. The van der Waals surface area contributed by atoms with Crippen molar-refractivity contribution in [1.29, 1.82) is 0 Å². The van der Waals surface area contributed by atoms with Gasteiger partial charge in [-0.15, -0.1) is 0 Å². The van der Waals surface area contributed by atoms with Crippen molar-refractivity contribution in [2.45, 2.75) is 80.3 Å². The fraction of sp³-hybridized carbons (Fsp3) is 0.850. The van der Waals surface area contributed by atoms with Gasteiger partial charge < -0.3 is 29.4 Å². The summed E-state index contributed by atoms with van der Waals surface area (Å²) in [5.41, 5.74) is 2.93. The zero-order chi connectivity index (χ0) is 34.4. The van der Waals surface area contributed by atoms with Crippen molar-refractivity contribution in [3.63, 3.8) is 0 Å². The summed E-state index contributed by atoms with van der Waals surface area (Å²) in [5.74, 6) is 0. The number of hydrogen-bond donors (Lipinski definition) is 0. The summed E-state index contributed by atoms with van der Waals surface area (Å²) in [5, 5.41) is 0. The van der Waals surface area contributed by atoms with Crippen LogP contribution >= 0.6 is 0 Å². The first-order valence-corrected chi connectivity index (χ1v) is 20.4. The van der Waals surface area contributed by atoms with Gasteiger partial charge in [-0.05, 0) is 128 Å². The van der Waals surface area contributed by atoms with Crippen molar-refractivity contribution in [2.24, 2.45) is 0 Å². The van der Waals surface area contributed by atoms with Crippen LogP contribution in [-0.4, -0.2) is 183 Å². The highest BCUT2D eigenvalue weighted by molar-refractivity contribution is 5.22. The van der Waals surface area contributed by atoms with Gasteiger partial charge in [-0.2, -0.15) is 0 Å². The molecular weight excluding hydrogens is 592 g/mol. The summed E-state index contributed by atoms with van der Waals surface area (Å²) in [6, 6.07) is 9.71. The molecule has 3 rings (SSSR count). The van der Waals surface area contributed by atoms with Crippen LogP contribution in [0.25, 0.3) is 0 Å². The molecule has 8 nitrogen and oxygen atoms in total. The van der Waals surface area contributed by atoms with Crippen LogP contribution in [0.2, 0.25) is 0 Å². The van der Waals surface area contributed by atoms with E-state index in [1.54, 1.807) is 0 Å². The third-order valence-electron chi connectivity index (χ3n) is 11.2. The molecule has 0 N–H and O–H groups in total. The lowest BCUT2D eigenvalue weighted by atomic mass is 10.1. The van der Waals surface area contributed by atoms with Gasteiger partial charge >= 0.3 is 0 Å². The molecule has 1 aromatic rings. The first-order chi connectivity index (χ1) is 23.5. The van der Waals surface area contributed by atoms with Crippen molar-refractivity contribution in [3.05, 3.63) is 35.4 Å². The summed E-state index contributed by atoms with van der Waals surface area (Å²) < 4.78 is 0. The minimum atomic E-state index is 1.06. The second-order valence-electron chi connectivity index (χ2n) is 14.4. The van der Waals surface area contributed by atoms with Crippen LogP contribution in [0.4, 0.5) is 0 Å². The quantitative estimate of drug-likeness (QED) is 0.350. The Bertz CT molecular complexity index is 840. The molecule has 2 aliphatic rings. The molecule has 2 fully saturated rings. The molecule has 2 aliphatic heterocycles. The van der Waals surface area contributed by atoms with E-state index >= 15 is 0 Å². The maximum absolute atomic E-state index is 2.73. The van der Waals surface area contributed by atoms with Crippen LogP contribution < -0.4 is 0 Å². The van der Waals surface area contributed by atoms with Gasteiger partial charge in [-0.25, -0.2) is 0 Å². The molecule has 2 saturated heterocycles. The zero-order valence-corrected chi connectivity index (χ0v) is 32.7. The fourth-order valence-corrected chi connectivity index (χ4v) is 7.58. The van der Waals surface area contributed by atoms with Crippen LogP contribution in [0.15, 0.2) is 24.3 Å². The topological polar surface area (TPSA) is 25.9 Å². The molecule has 0 aliphatic carbocycles. The maximum Gasteiger partial charge on any atom is 0.0234 e. The van der Waals surface area contributed by atoms with Crippen LogP contribution in [0.5, 0.6) is 0 Å². The van der Waals surface area contributed by atoms with Crippen LogP contribution in [0.3, 0.4) is 0 Å². The lowest BCUT2D eigenvalue weighted by molar-refractivity contribution is 0.162. The second-order valence-corrected chi connectivity index (χ2v) is 14.4. The molecule has 0 aromatic heterocycles. The molecular formula is C40H78N8. The van der Waals surface area contributed by atoms with Crippen LogP contribution in [0.1, 0.15) is 78.4 Å². The van der Waals surface area contributed by atoms with E-state index in [0.29, 0.717) is 0 Å². The van der Waals surface area contributed by atoms with E-state index in [4.69, 9.17) is 0 Å². The monoisotopic (exact) mass is 671 g/mol.